The van der Waals surface area contributed by atoms with E-state index in [2.05, 4.69) is 35.1 Å². The maximum absolute atomic E-state index is 13.0. The number of carbonyl (C=O) groups excluding carboxylic acids is 7. The van der Waals surface area contributed by atoms with Gasteiger partial charge in [-0.3, -0.25) is 33.6 Å². The van der Waals surface area contributed by atoms with Crippen molar-refractivity contribution in [2.75, 3.05) is 61.1 Å². The number of nitrogens with one attached hydrogen (secondary N) is 4. The summed E-state index contributed by atoms with van der Waals surface area (Å²) in [6.07, 6.45) is 11.3. The molecule has 6 amide bonds. The molecule has 1 aliphatic carbocycles. The standard InChI is InChI=1S/C35H48N6O10.C6H12.C3H8/c1-6-11-27(41(4)31(46)22-36-29(44)18-23-16-25(50-5)19-26(17-23)51-15-10-14-42)33(47)37-20-28(43)34(48)38-21-30(45)39-32(35(49)40(2)3)24-12-8-7-9-13-24;1-2-4-6-5-3-1;1-3-2/h7-9,12-13,16-17,19,27,32,42H,6,10-11,14-15,18,20-22H2,1-5H3,(H,36,44)(H,37,47)(H,38,48)(H,39,45);1-6H2;3H2,1-2H3. The van der Waals surface area contributed by atoms with Crippen molar-refractivity contribution < 1.29 is 48.1 Å². The van der Waals surface area contributed by atoms with Gasteiger partial charge in [-0.25, -0.2) is 0 Å². The molecule has 0 aromatic heterocycles. The SMILES string of the molecule is C1CCCCC1.CCC.CCCC(C(=O)NCC(=O)C(=O)NCC(=O)NC(C(=O)N(C)C)c1ccccc1)N(C)C(=O)CNC(=O)Cc1cc(OC)cc(OCCCO)c1. The second kappa shape index (κ2) is 30.5. The predicted octanol–water partition coefficient (Wildman–Crippen LogP) is 3.25. The Labute approximate surface area is 355 Å². The van der Waals surface area contributed by atoms with E-state index >= 15 is 0 Å². The fourth-order valence-electron chi connectivity index (χ4n) is 5.77. The monoisotopic (exact) mass is 840 g/mol. The van der Waals surface area contributed by atoms with Gasteiger partial charge in [-0.1, -0.05) is 102 Å². The number of likely N-dealkylation sites (N-methyl/N-ethyl adjacent to an activating group) is 2. The van der Waals surface area contributed by atoms with Crippen LogP contribution < -0.4 is 30.7 Å². The first-order valence-electron chi connectivity index (χ1n) is 20.8. The lowest BCUT2D eigenvalue weighted by molar-refractivity contribution is -0.141. The van der Waals surface area contributed by atoms with Gasteiger partial charge in [0, 0.05) is 40.2 Å². The molecule has 1 saturated carbocycles. The Balaban J connectivity index is 0.00000178. The van der Waals surface area contributed by atoms with Crippen LogP contribution in [0.25, 0.3) is 0 Å². The van der Waals surface area contributed by atoms with E-state index in [4.69, 9.17) is 14.6 Å². The molecular weight excluding hydrogens is 773 g/mol. The maximum Gasteiger partial charge on any atom is 0.289 e. The third-order valence-corrected chi connectivity index (χ3v) is 8.99. The zero-order valence-electron chi connectivity index (χ0n) is 36.6. The molecule has 0 aliphatic heterocycles. The van der Waals surface area contributed by atoms with Crippen LogP contribution in [-0.2, 0) is 40.0 Å². The zero-order valence-corrected chi connectivity index (χ0v) is 36.6. The summed E-state index contributed by atoms with van der Waals surface area (Å²) in [7, 11) is 5.94. The van der Waals surface area contributed by atoms with Gasteiger partial charge in [0.25, 0.3) is 5.91 Å². The molecule has 0 radical (unpaired) electrons. The van der Waals surface area contributed by atoms with Crippen LogP contribution in [0.5, 0.6) is 11.5 Å². The lowest BCUT2D eigenvalue weighted by Crippen LogP contribution is -2.52. The Morgan fingerprint density at radius 2 is 1.37 bits per heavy atom. The highest BCUT2D eigenvalue weighted by molar-refractivity contribution is 6.37. The molecule has 5 N–H and O–H groups in total. The summed E-state index contributed by atoms with van der Waals surface area (Å²) in [6.45, 7) is 4.61. The molecule has 2 aromatic carbocycles. The average molecular weight is 841 g/mol. The summed E-state index contributed by atoms with van der Waals surface area (Å²) >= 11 is 0. The van der Waals surface area contributed by atoms with E-state index in [0.29, 0.717) is 35.5 Å². The fourth-order valence-corrected chi connectivity index (χ4v) is 5.77. The van der Waals surface area contributed by atoms with Gasteiger partial charge in [0.05, 0.1) is 39.8 Å². The fraction of sp³-hybridized carbons (Fsp3) is 0.568. The lowest BCUT2D eigenvalue weighted by atomic mass is 10.0. The van der Waals surface area contributed by atoms with E-state index in [1.807, 2.05) is 0 Å². The Kier molecular flexibility index (Phi) is 26.7. The third kappa shape index (κ3) is 21.0. The Morgan fingerprint density at radius 1 is 0.767 bits per heavy atom. The first-order valence-corrected chi connectivity index (χ1v) is 20.8. The largest absolute Gasteiger partial charge is 0.497 e. The molecule has 1 fully saturated rings. The van der Waals surface area contributed by atoms with E-state index < -0.39 is 72.9 Å². The molecule has 0 heterocycles. The number of amides is 6. The quantitative estimate of drug-likeness (QED) is 0.0915. The van der Waals surface area contributed by atoms with Gasteiger partial charge in [-0.15, -0.1) is 0 Å². The minimum absolute atomic E-state index is 0.0288. The van der Waals surface area contributed by atoms with E-state index in [-0.39, 0.29) is 26.1 Å². The van der Waals surface area contributed by atoms with Gasteiger partial charge < -0.3 is 45.6 Å². The Bertz CT molecular complexity index is 1620. The average Bonchev–Trinajstić information content (AvgIpc) is 3.25. The van der Waals surface area contributed by atoms with Crippen LogP contribution >= 0.6 is 0 Å². The number of rotatable bonds is 21. The van der Waals surface area contributed by atoms with Crippen LogP contribution in [0.2, 0.25) is 0 Å². The second-order valence-corrected chi connectivity index (χ2v) is 14.5. The Morgan fingerprint density at radius 3 is 1.92 bits per heavy atom. The van der Waals surface area contributed by atoms with Crippen molar-refractivity contribution in [1.82, 2.24) is 31.1 Å². The van der Waals surface area contributed by atoms with Crippen molar-refractivity contribution in [3.8, 4) is 11.5 Å². The highest BCUT2D eigenvalue weighted by Gasteiger charge is 2.28. The van der Waals surface area contributed by atoms with Crippen LogP contribution in [0.15, 0.2) is 48.5 Å². The van der Waals surface area contributed by atoms with Crippen molar-refractivity contribution in [1.29, 1.82) is 0 Å². The van der Waals surface area contributed by atoms with Crippen LogP contribution in [0.3, 0.4) is 0 Å². The number of methoxy groups -OCH3 is 1. The van der Waals surface area contributed by atoms with Gasteiger partial charge in [0.2, 0.25) is 35.3 Å². The van der Waals surface area contributed by atoms with E-state index in [1.54, 1.807) is 55.5 Å². The summed E-state index contributed by atoms with van der Waals surface area (Å²) in [5, 5.41) is 18.6. The number of benzene rings is 2. The number of carbonyl (C=O) groups is 7. The molecule has 2 atom stereocenters. The number of hydrogen-bond acceptors (Lipinski definition) is 10. The predicted molar refractivity (Wildman–Crippen MR) is 229 cm³/mol. The van der Waals surface area contributed by atoms with Gasteiger partial charge >= 0.3 is 0 Å². The van der Waals surface area contributed by atoms with Crippen LogP contribution in [0.4, 0.5) is 0 Å². The minimum atomic E-state index is -1.13. The highest BCUT2D eigenvalue weighted by Crippen LogP contribution is 2.23. The summed E-state index contributed by atoms with van der Waals surface area (Å²) < 4.78 is 10.8. The number of nitrogens with zero attached hydrogens (tertiary/aromatic N) is 2. The molecule has 2 unspecified atom stereocenters. The molecular formula is C44H68N6O10. The summed E-state index contributed by atoms with van der Waals surface area (Å²) in [5.41, 5.74) is 1.10. The number of aliphatic hydroxyl groups is 1. The molecule has 3 rings (SSSR count). The number of Topliss-reactive ketones (excluding diaryl/α,β-unsaturated/α-hetero) is 1. The molecule has 16 nitrogen and oxygen atoms in total. The van der Waals surface area contributed by atoms with E-state index in [0.717, 1.165) is 4.90 Å². The van der Waals surface area contributed by atoms with Gasteiger partial charge in [0.1, 0.15) is 23.6 Å². The van der Waals surface area contributed by atoms with Gasteiger partial charge in [0.15, 0.2) is 0 Å². The van der Waals surface area contributed by atoms with Gasteiger partial charge in [-0.2, -0.15) is 0 Å². The van der Waals surface area contributed by atoms with Crippen molar-refractivity contribution in [3.05, 3.63) is 59.7 Å². The van der Waals surface area contributed by atoms with Crippen LogP contribution in [0.1, 0.15) is 102 Å². The second-order valence-electron chi connectivity index (χ2n) is 14.5. The van der Waals surface area contributed by atoms with E-state index in [1.165, 1.54) is 78.1 Å². The van der Waals surface area contributed by atoms with Crippen molar-refractivity contribution >= 4 is 41.2 Å². The third-order valence-electron chi connectivity index (χ3n) is 8.99. The minimum Gasteiger partial charge on any atom is -0.497 e. The smallest absolute Gasteiger partial charge is 0.289 e. The van der Waals surface area contributed by atoms with E-state index in [9.17, 15) is 33.6 Å². The number of aliphatic hydroxyl groups excluding tert-OH is 1. The first-order chi connectivity index (χ1) is 28.7. The van der Waals surface area contributed by atoms with Crippen LogP contribution in [-0.4, -0.2) is 123 Å². The molecule has 16 heteroatoms. The molecule has 0 saturated heterocycles. The molecule has 60 heavy (non-hydrogen) atoms. The summed E-state index contributed by atoms with van der Waals surface area (Å²) in [6, 6.07) is 11.5. The zero-order chi connectivity index (χ0) is 44.9. The molecule has 334 valence electrons. The summed E-state index contributed by atoms with van der Waals surface area (Å²) in [5.74, 6) is -4.05. The Hall–Kier alpha value is -5.51. The van der Waals surface area contributed by atoms with Crippen molar-refractivity contribution in [2.45, 2.75) is 103 Å². The van der Waals surface area contributed by atoms with Crippen LogP contribution in [0, 0.1) is 0 Å². The number of ether oxygens (including phenoxy) is 2. The normalized spacial score (nSPS) is 12.6. The number of hydrogen-bond donors (Lipinski definition) is 5. The maximum atomic E-state index is 13.0. The first kappa shape index (κ1) is 52.5. The van der Waals surface area contributed by atoms with Gasteiger partial charge in [-0.05, 0) is 29.7 Å². The topological polar surface area (TPSA) is 213 Å². The molecule has 2 aromatic rings. The molecule has 1 aliphatic rings. The molecule has 0 spiro atoms. The lowest BCUT2D eigenvalue weighted by Gasteiger charge is -2.27. The highest BCUT2D eigenvalue weighted by atomic mass is 16.5. The molecule has 0 bridgehead atoms. The van der Waals surface area contributed by atoms with Crippen molar-refractivity contribution in [3.63, 3.8) is 0 Å². The summed E-state index contributed by atoms with van der Waals surface area (Å²) in [4.78, 5) is 91.1. The van der Waals surface area contributed by atoms with Crippen molar-refractivity contribution in [2.24, 2.45) is 0 Å². The number of ketones is 1.